The Morgan fingerprint density at radius 1 is 1.26 bits per heavy atom. The molecule has 0 bridgehead atoms. The molecule has 1 heterocycles. The van der Waals surface area contributed by atoms with Crippen LogP contribution in [0, 0.1) is 0 Å². The molecule has 0 saturated heterocycles. The van der Waals surface area contributed by atoms with Crippen LogP contribution in [0.1, 0.15) is 26.4 Å². The highest BCUT2D eigenvalue weighted by Gasteiger charge is 2.31. The first-order valence-corrected chi connectivity index (χ1v) is 6.76. The van der Waals surface area contributed by atoms with Gasteiger partial charge in [0.1, 0.15) is 5.69 Å². The highest BCUT2D eigenvalue weighted by molar-refractivity contribution is 9.10. The first kappa shape index (κ1) is 16.9. The van der Waals surface area contributed by atoms with E-state index in [0.717, 1.165) is 24.3 Å². The summed E-state index contributed by atoms with van der Waals surface area (Å²) in [6.07, 6.45) is -4.44. The average Bonchev–Trinajstić information content (AvgIpc) is 2.47. The molecule has 0 N–H and O–H groups in total. The van der Waals surface area contributed by atoms with Crippen LogP contribution in [-0.2, 0) is 6.18 Å². The van der Waals surface area contributed by atoms with Crippen LogP contribution in [0.4, 0.5) is 13.2 Å². The van der Waals surface area contributed by atoms with Crippen LogP contribution >= 0.6 is 15.9 Å². The predicted molar refractivity (Wildman–Crippen MR) is 74.5 cm³/mol. The van der Waals surface area contributed by atoms with Gasteiger partial charge in [0.05, 0.1) is 22.8 Å². The van der Waals surface area contributed by atoms with Crippen molar-refractivity contribution in [1.29, 1.82) is 0 Å². The number of carbonyl (C=O) groups is 2. The van der Waals surface area contributed by atoms with Crippen LogP contribution in [-0.4, -0.2) is 16.8 Å². The molecule has 2 aromatic rings. The third-order valence-corrected chi connectivity index (χ3v) is 3.59. The van der Waals surface area contributed by atoms with E-state index in [4.69, 9.17) is 0 Å². The van der Waals surface area contributed by atoms with E-state index in [1.54, 1.807) is 0 Å². The number of benzene rings is 1. The third-order valence-electron chi connectivity index (χ3n) is 2.95. The molecule has 0 aliphatic carbocycles. The Bertz CT molecular complexity index is 858. The van der Waals surface area contributed by atoms with Gasteiger partial charge in [0.2, 0.25) is 0 Å². The minimum absolute atomic E-state index is 0.0660. The van der Waals surface area contributed by atoms with Gasteiger partial charge in [-0.2, -0.15) is 13.2 Å². The van der Waals surface area contributed by atoms with Crippen molar-refractivity contribution in [1.82, 2.24) is 4.57 Å². The number of aromatic carboxylic acids is 1. The van der Waals surface area contributed by atoms with Crippen molar-refractivity contribution in [3.63, 3.8) is 0 Å². The zero-order valence-electron chi connectivity index (χ0n) is 11.1. The highest BCUT2D eigenvalue weighted by atomic mass is 79.9. The van der Waals surface area contributed by atoms with E-state index >= 15 is 0 Å². The highest BCUT2D eigenvalue weighted by Crippen LogP contribution is 2.30. The largest absolute Gasteiger partial charge is 0.545 e. The van der Waals surface area contributed by atoms with Crippen LogP contribution in [0.25, 0.3) is 5.69 Å². The van der Waals surface area contributed by atoms with Gasteiger partial charge < -0.3 is 9.90 Å². The molecule has 1 aromatic carbocycles. The topological polar surface area (TPSA) is 79.2 Å². The average molecular weight is 389 g/mol. The lowest BCUT2D eigenvalue weighted by Crippen LogP contribution is -2.34. The summed E-state index contributed by atoms with van der Waals surface area (Å²) >= 11 is 2.91. The van der Waals surface area contributed by atoms with Crippen LogP contribution in [0.3, 0.4) is 0 Å². The second-order valence-corrected chi connectivity index (χ2v) is 5.24. The molecular weight excluding hydrogens is 383 g/mol. The summed E-state index contributed by atoms with van der Waals surface area (Å²) < 4.78 is 38.9. The van der Waals surface area contributed by atoms with Gasteiger partial charge in [-0.15, -0.1) is 0 Å². The Balaban J connectivity index is 2.85. The summed E-state index contributed by atoms with van der Waals surface area (Å²) in [6.45, 7) is 0. The number of hydrogen-bond acceptors (Lipinski definition) is 4. The predicted octanol–water partition coefficient (Wildman–Crippen LogP) is 1.79. The Labute approximate surface area is 135 Å². The molecule has 0 atom stereocenters. The van der Waals surface area contributed by atoms with Crippen molar-refractivity contribution in [2.75, 3.05) is 0 Å². The lowest BCUT2D eigenvalue weighted by Gasteiger charge is -2.15. The molecule has 9 heteroatoms. The van der Waals surface area contributed by atoms with Crippen molar-refractivity contribution >= 4 is 28.2 Å². The van der Waals surface area contributed by atoms with Gasteiger partial charge in [0, 0.05) is 4.47 Å². The molecule has 0 aliphatic rings. The lowest BCUT2D eigenvalue weighted by atomic mass is 10.1. The van der Waals surface area contributed by atoms with Crippen LogP contribution in [0.5, 0.6) is 0 Å². The Kier molecular flexibility index (Phi) is 4.42. The second-order valence-electron chi connectivity index (χ2n) is 4.39. The fourth-order valence-electron chi connectivity index (χ4n) is 1.93. The van der Waals surface area contributed by atoms with Crippen LogP contribution < -0.4 is 10.7 Å². The normalized spacial score (nSPS) is 11.3. The molecule has 0 radical (unpaired) electrons. The standard InChI is InChI=1S/C14H7BrF3NO4/c15-10-5-9(13(22)23)12(21)19(11(10)6-20)8-3-1-2-7(4-8)14(16,17)18/h1-6H,(H,22,23)/p-1. The second kappa shape index (κ2) is 5.99. The molecule has 0 aliphatic heterocycles. The molecule has 0 saturated carbocycles. The molecule has 2 rings (SSSR count). The van der Waals surface area contributed by atoms with Gasteiger partial charge in [-0.3, -0.25) is 14.2 Å². The number of carboxylic acid groups (broad SMARTS) is 1. The Morgan fingerprint density at radius 3 is 2.43 bits per heavy atom. The number of nitrogens with zero attached hydrogens (tertiary/aromatic N) is 1. The Hall–Kier alpha value is -2.42. The van der Waals surface area contributed by atoms with Gasteiger partial charge >= 0.3 is 6.18 Å². The van der Waals surface area contributed by atoms with Crippen LogP contribution in [0.15, 0.2) is 39.6 Å². The number of rotatable bonds is 3. The zero-order chi connectivity index (χ0) is 17.4. The first-order valence-electron chi connectivity index (χ1n) is 5.96. The smallest absolute Gasteiger partial charge is 0.416 e. The summed E-state index contributed by atoms with van der Waals surface area (Å²) in [4.78, 5) is 34.3. The quantitative estimate of drug-likeness (QED) is 0.750. The van der Waals surface area contributed by atoms with Crippen molar-refractivity contribution < 1.29 is 27.9 Å². The van der Waals surface area contributed by atoms with Crippen LogP contribution in [0.2, 0.25) is 0 Å². The summed E-state index contributed by atoms with van der Waals surface area (Å²) in [5, 5.41) is 11.0. The minimum atomic E-state index is -4.66. The summed E-state index contributed by atoms with van der Waals surface area (Å²) in [6, 6.07) is 4.48. The number of carbonyl (C=O) groups excluding carboxylic acids is 2. The number of aldehydes is 1. The first-order chi connectivity index (χ1) is 10.7. The van der Waals surface area contributed by atoms with E-state index in [-0.39, 0.29) is 22.1 Å². The van der Waals surface area contributed by atoms with Gasteiger partial charge in [-0.1, -0.05) is 6.07 Å². The molecule has 120 valence electrons. The fourth-order valence-corrected chi connectivity index (χ4v) is 2.43. The molecule has 23 heavy (non-hydrogen) atoms. The fraction of sp³-hybridized carbons (Fsp3) is 0.0714. The molecule has 1 aromatic heterocycles. The van der Waals surface area contributed by atoms with Gasteiger partial charge in [0.25, 0.3) is 5.56 Å². The number of pyridine rings is 1. The summed E-state index contributed by atoms with van der Waals surface area (Å²) in [7, 11) is 0. The van der Waals surface area contributed by atoms with Crippen molar-refractivity contribution in [2.45, 2.75) is 6.18 Å². The monoisotopic (exact) mass is 388 g/mol. The number of halogens is 4. The minimum Gasteiger partial charge on any atom is -0.545 e. The maximum absolute atomic E-state index is 12.8. The van der Waals surface area contributed by atoms with Crippen molar-refractivity contribution in [3.8, 4) is 5.69 Å². The van der Waals surface area contributed by atoms with E-state index < -0.39 is 28.8 Å². The SMILES string of the molecule is O=Cc1c(Br)cc(C(=O)[O-])c(=O)n1-c1cccc(C(F)(F)F)c1. The van der Waals surface area contributed by atoms with Gasteiger partial charge in [-0.05, 0) is 40.2 Å². The molecule has 0 spiro atoms. The zero-order valence-corrected chi connectivity index (χ0v) is 12.6. The maximum Gasteiger partial charge on any atom is 0.416 e. The number of alkyl halides is 3. The van der Waals surface area contributed by atoms with Crippen molar-refractivity contribution in [3.05, 3.63) is 62.0 Å². The summed E-state index contributed by atoms with van der Waals surface area (Å²) in [5.74, 6) is -1.81. The molecule has 0 amide bonds. The van der Waals surface area contributed by atoms with Gasteiger partial charge in [0.15, 0.2) is 6.29 Å². The number of hydrogen-bond donors (Lipinski definition) is 0. The number of carboxylic acids is 1. The van der Waals surface area contributed by atoms with Gasteiger partial charge in [-0.25, -0.2) is 0 Å². The maximum atomic E-state index is 12.8. The third kappa shape index (κ3) is 3.19. The number of aromatic nitrogens is 1. The van der Waals surface area contributed by atoms with E-state index in [2.05, 4.69) is 15.9 Å². The molecule has 5 nitrogen and oxygen atoms in total. The molecule has 0 unspecified atom stereocenters. The molecular formula is C14H6BrF3NO4-. The van der Waals surface area contributed by atoms with E-state index in [9.17, 15) is 32.7 Å². The lowest BCUT2D eigenvalue weighted by molar-refractivity contribution is -0.255. The molecule has 0 fully saturated rings. The summed E-state index contributed by atoms with van der Waals surface area (Å²) in [5.41, 5.74) is -3.63. The van der Waals surface area contributed by atoms with E-state index in [0.29, 0.717) is 10.6 Å². The van der Waals surface area contributed by atoms with Crippen molar-refractivity contribution in [2.24, 2.45) is 0 Å². The Morgan fingerprint density at radius 2 is 1.91 bits per heavy atom. The van der Waals surface area contributed by atoms with E-state index in [1.807, 2.05) is 0 Å². The van der Waals surface area contributed by atoms with E-state index in [1.165, 1.54) is 0 Å².